The Morgan fingerprint density at radius 2 is 2.10 bits per heavy atom. The van der Waals surface area contributed by atoms with E-state index in [0.717, 1.165) is 11.1 Å². The second-order valence-corrected chi connectivity index (χ2v) is 4.19. The van der Waals surface area contributed by atoms with Crippen LogP contribution in [0.4, 0.5) is 5.69 Å². The Morgan fingerprint density at radius 3 is 2.70 bits per heavy atom. The van der Waals surface area contributed by atoms with E-state index in [-0.39, 0.29) is 5.69 Å². The van der Waals surface area contributed by atoms with Crippen LogP contribution < -0.4 is 5.73 Å². The number of aryl methyl sites for hydroxylation is 1. The van der Waals surface area contributed by atoms with E-state index in [2.05, 4.69) is 0 Å². The van der Waals surface area contributed by atoms with Gasteiger partial charge in [0.05, 0.1) is 4.92 Å². The first-order chi connectivity index (χ1) is 9.47. The number of carbonyl (C=O) groups is 1. The Labute approximate surface area is 114 Å². The van der Waals surface area contributed by atoms with Crippen LogP contribution in [0.3, 0.4) is 0 Å². The highest BCUT2D eigenvalue weighted by Crippen LogP contribution is 2.28. The lowest BCUT2D eigenvalue weighted by atomic mass is 10.1. The zero-order valence-electron chi connectivity index (χ0n) is 10.7. The average Bonchev–Trinajstić information content (AvgIpc) is 2.84. The summed E-state index contributed by atoms with van der Waals surface area (Å²) in [5, 5.41) is 10.7. The van der Waals surface area contributed by atoms with Crippen LogP contribution in [-0.2, 0) is 4.79 Å². The zero-order valence-corrected chi connectivity index (χ0v) is 10.7. The van der Waals surface area contributed by atoms with Crippen LogP contribution in [0.5, 0.6) is 0 Å². The lowest BCUT2D eigenvalue weighted by Crippen LogP contribution is -2.04. The summed E-state index contributed by atoms with van der Waals surface area (Å²) >= 11 is 0. The van der Waals surface area contributed by atoms with E-state index in [1.165, 1.54) is 24.3 Å². The van der Waals surface area contributed by atoms with Gasteiger partial charge in [-0.3, -0.25) is 14.9 Å². The van der Waals surface area contributed by atoms with Gasteiger partial charge in [-0.2, -0.15) is 0 Å². The molecule has 0 bridgehead atoms. The van der Waals surface area contributed by atoms with Crippen molar-refractivity contribution in [1.82, 2.24) is 0 Å². The molecule has 0 fully saturated rings. The van der Waals surface area contributed by atoms with Crippen LogP contribution in [0.25, 0.3) is 17.4 Å². The first-order valence-electron chi connectivity index (χ1n) is 5.80. The van der Waals surface area contributed by atoms with Crippen molar-refractivity contribution in [2.75, 3.05) is 0 Å². The molecule has 0 spiro atoms. The SMILES string of the molecule is Cc1cc([N+](=O)[O-])ccc1-c1ccc(/C=C\C(N)=O)o1. The molecule has 0 radical (unpaired) electrons. The molecule has 2 rings (SSSR count). The molecule has 1 amide bonds. The monoisotopic (exact) mass is 272 g/mol. The van der Waals surface area contributed by atoms with Crippen molar-refractivity contribution in [3.05, 3.63) is 57.8 Å². The molecule has 6 nitrogen and oxygen atoms in total. The van der Waals surface area contributed by atoms with E-state index < -0.39 is 10.8 Å². The molecule has 0 aliphatic rings. The number of carbonyl (C=O) groups excluding carboxylic acids is 1. The lowest BCUT2D eigenvalue weighted by Gasteiger charge is -2.02. The van der Waals surface area contributed by atoms with Crippen LogP contribution in [0.2, 0.25) is 0 Å². The molecule has 20 heavy (non-hydrogen) atoms. The topological polar surface area (TPSA) is 99.4 Å². The summed E-state index contributed by atoms with van der Waals surface area (Å²) in [5.74, 6) is 0.493. The Hall–Kier alpha value is -2.89. The quantitative estimate of drug-likeness (QED) is 0.525. The standard InChI is InChI=1S/C14H12N2O4/c1-9-8-10(16(18)19)2-5-12(9)13-6-3-11(20-13)4-7-14(15)17/h2-8H,1H3,(H2,15,17)/b7-4-. The second kappa shape index (κ2) is 5.40. The maximum Gasteiger partial charge on any atom is 0.269 e. The molecule has 1 aromatic heterocycles. The molecule has 2 N–H and O–H groups in total. The minimum Gasteiger partial charge on any atom is -0.457 e. The maximum atomic E-state index is 10.7. The van der Waals surface area contributed by atoms with Gasteiger partial charge < -0.3 is 10.2 Å². The molecular formula is C14H12N2O4. The average molecular weight is 272 g/mol. The zero-order chi connectivity index (χ0) is 14.7. The van der Waals surface area contributed by atoms with Gasteiger partial charge >= 0.3 is 0 Å². The van der Waals surface area contributed by atoms with Crippen molar-refractivity contribution >= 4 is 17.7 Å². The molecule has 0 atom stereocenters. The summed E-state index contributed by atoms with van der Waals surface area (Å²) in [6.45, 7) is 1.77. The van der Waals surface area contributed by atoms with E-state index in [1.807, 2.05) is 0 Å². The summed E-state index contributed by atoms with van der Waals surface area (Å²) in [6.07, 6.45) is 2.66. The summed E-state index contributed by atoms with van der Waals surface area (Å²) in [5.41, 5.74) is 6.52. The van der Waals surface area contributed by atoms with Crippen LogP contribution in [0.1, 0.15) is 11.3 Å². The molecule has 0 saturated heterocycles. The first kappa shape index (κ1) is 13.5. The van der Waals surface area contributed by atoms with Crippen molar-refractivity contribution in [3.8, 4) is 11.3 Å². The van der Waals surface area contributed by atoms with Gasteiger partial charge in [0.1, 0.15) is 11.5 Å². The second-order valence-electron chi connectivity index (χ2n) is 4.19. The third-order valence-corrected chi connectivity index (χ3v) is 2.72. The fourth-order valence-corrected chi connectivity index (χ4v) is 1.79. The number of nitrogens with two attached hydrogens (primary N) is 1. The van der Waals surface area contributed by atoms with Gasteiger partial charge in [-0.25, -0.2) is 0 Å². The number of nitro benzene ring substituents is 1. The van der Waals surface area contributed by atoms with Crippen LogP contribution in [0.15, 0.2) is 40.8 Å². The molecule has 1 heterocycles. The highest BCUT2D eigenvalue weighted by Gasteiger charge is 2.11. The van der Waals surface area contributed by atoms with Crippen molar-refractivity contribution in [1.29, 1.82) is 0 Å². The minimum atomic E-state index is -0.561. The maximum absolute atomic E-state index is 10.7. The Bertz CT molecular complexity index is 701. The summed E-state index contributed by atoms with van der Waals surface area (Å²) in [4.78, 5) is 20.9. The number of non-ortho nitro benzene ring substituents is 1. The number of primary amides is 1. The third kappa shape index (κ3) is 2.92. The predicted molar refractivity (Wildman–Crippen MR) is 73.8 cm³/mol. The van der Waals surface area contributed by atoms with Crippen LogP contribution in [0, 0.1) is 17.0 Å². The predicted octanol–water partition coefficient (Wildman–Crippen LogP) is 2.66. The minimum absolute atomic E-state index is 0.0339. The number of hydrogen-bond donors (Lipinski definition) is 1. The Morgan fingerprint density at radius 1 is 1.35 bits per heavy atom. The number of nitro groups is 1. The van der Waals surface area contributed by atoms with Crippen LogP contribution in [-0.4, -0.2) is 10.8 Å². The molecule has 2 aromatic rings. The Balaban J connectivity index is 2.33. The molecule has 0 aliphatic carbocycles. The van der Waals surface area contributed by atoms with Gasteiger partial charge in [-0.1, -0.05) is 0 Å². The lowest BCUT2D eigenvalue weighted by molar-refractivity contribution is -0.384. The number of furan rings is 1. The van der Waals surface area contributed by atoms with Gasteiger partial charge in [0.2, 0.25) is 5.91 Å². The molecule has 102 valence electrons. The number of amides is 1. The summed E-state index contributed by atoms with van der Waals surface area (Å²) in [7, 11) is 0. The van der Waals surface area contributed by atoms with E-state index >= 15 is 0 Å². The number of rotatable bonds is 4. The molecular weight excluding hydrogens is 260 g/mol. The fraction of sp³-hybridized carbons (Fsp3) is 0.0714. The largest absolute Gasteiger partial charge is 0.457 e. The number of nitrogens with zero attached hydrogens (tertiary/aromatic N) is 1. The highest BCUT2D eigenvalue weighted by atomic mass is 16.6. The highest BCUT2D eigenvalue weighted by molar-refractivity contribution is 5.89. The van der Waals surface area contributed by atoms with Crippen molar-refractivity contribution < 1.29 is 14.1 Å². The van der Waals surface area contributed by atoms with Gasteiger partial charge in [0.25, 0.3) is 5.69 Å². The van der Waals surface area contributed by atoms with Gasteiger partial charge in [-0.05, 0) is 36.8 Å². The molecule has 0 aliphatic heterocycles. The molecule has 6 heteroatoms. The molecule has 0 saturated carbocycles. The molecule has 0 unspecified atom stereocenters. The van der Waals surface area contributed by atoms with Crippen molar-refractivity contribution in [3.63, 3.8) is 0 Å². The van der Waals surface area contributed by atoms with E-state index in [4.69, 9.17) is 10.2 Å². The van der Waals surface area contributed by atoms with Crippen LogP contribution >= 0.6 is 0 Å². The first-order valence-corrected chi connectivity index (χ1v) is 5.80. The number of benzene rings is 1. The number of hydrogen-bond acceptors (Lipinski definition) is 4. The Kier molecular flexibility index (Phi) is 3.65. The van der Waals surface area contributed by atoms with Gasteiger partial charge in [0, 0.05) is 23.8 Å². The van der Waals surface area contributed by atoms with E-state index in [1.54, 1.807) is 25.1 Å². The van der Waals surface area contributed by atoms with Gasteiger partial charge in [-0.15, -0.1) is 0 Å². The van der Waals surface area contributed by atoms with Crippen molar-refractivity contribution in [2.24, 2.45) is 5.73 Å². The molecule has 1 aromatic carbocycles. The van der Waals surface area contributed by atoms with E-state index in [9.17, 15) is 14.9 Å². The van der Waals surface area contributed by atoms with Crippen molar-refractivity contribution in [2.45, 2.75) is 6.92 Å². The fourth-order valence-electron chi connectivity index (χ4n) is 1.79. The smallest absolute Gasteiger partial charge is 0.269 e. The summed E-state index contributed by atoms with van der Waals surface area (Å²) < 4.78 is 5.54. The summed E-state index contributed by atoms with van der Waals surface area (Å²) in [6, 6.07) is 7.96. The third-order valence-electron chi connectivity index (χ3n) is 2.72. The van der Waals surface area contributed by atoms with Gasteiger partial charge in [0.15, 0.2) is 0 Å². The normalized spacial score (nSPS) is 10.8. The van der Waals surface area contributed by atoms with E-state index in [0.29, 0.717) is 11.5 Å².